The van der Waals surface area contributed by atoms with Crippen molar-refractivity contribution in [3.63, 3.8) is 0 Å². The highest BCUT2D eigenvalue weighted by molar-refractivity contribution is 5.79. The molecular weight excluding hydrogens is 230 g/mol. The van der Waals surface area contributed by atoms with Gasteiger partial charge in [-0.05, 0) is 40.2 Å². The van der Waals surface area contributed by atoms with Gasteiger partial charge in [0.05, 0.1) is 6.10 Å². The Bertz CT molecular complexity index is 374. The van der Waals surface area contributed by atoms with Crippen molar-refractivity contribution in [1.82, 2.24) is 15.1 Å². The van der Waals surface area contributed by atoms with Crippen LogP contribution in [-0.4, -0.2) is 34.9 Å². The summed E-state index contributed by atoms with van der Waals surface area (Å²) in [6.45, 7) is 9.10. The molecule has 0 aliphatic carbocycles. The molecule has 0 spiro atoms. The summed E-state index contributed by atoms with van der Waals surface area (Å²) in [4.78, 5) is 11.9. The molecule has 5 heteroatoms. The predicted molar refractivity (Wildman–Crippen MR) is 70.4 cm³/mol. The molecule has 0 radical (unpaired) electrons. The molecule has 1 aromatic heterocycles. The number of hydrogen-bond acceptors (Lipinski definition) is 3. The van der Waals surface area contributed by atoms with E-state index < -0.39 is 0 Å². The van der Waals surface area contributed by atoms with Gasteiger partial charge in [0, 0.05) is 25.0 Å². The molecule has 1 aromatic rings. The number of rotatable bonds is 7. The highest BCUT2D eigenvalue weighted by atomic mass is 16.5. The van der Waals surface area contributed by atoms with Gasteiger partial charge in [-0.3, -0.25) is 9.48 Å². The van der Waals surface area contributed by atoms with Crippen LogP contribution in [0.3, 0.4) is 0 Å². The van der Waals surface area contributed by atoms with E-state index in [0.29, 0.717) is 13.2 Å². The SMILES string of the molecule is Cc1ccnn1C(C)C(=O)NCCCOC(C)C. The summed E-state index contributed by atoms with van der Waals surface area (Å²) in [5, 5.41) is 7.03. The van der Waals surface area contributed by atoms with Gasteiger partial charge in [0.1, 0.15) is 6.04 Å². The summed E-state index contributed by atoms with van der Waals surface area (Å²) in [5.41, 5.74) is 0.987. The fourth-order valence-corrected chi connectivity index (χ4v) is 1.65. The summed E-state index contributed by atoms with van der Waals surface area (Å²) in [7, 11) is 0. The van der Waals surface area contributed by atoms with E-state index in [2.05, 4.69) is 10.4 Å². The highest BCUT2D eigenvalue weighted by Crippen LogP contribution is 2.07. The molecular formula is C13H23N3O2. The van der Waals surface area contributed by atoms with Gasteiger partial charge in [-0.25, -0.2) is 0 Å². The number of carbonyl (C=O) groups is 1. The van der Waals surface area contributed by atoms with Crippen molar-refractivity contribution < 1.29 is 9.53 Å². The lowest BCUT2D eigenvalue weighted by Gasteiger charge is -2.14. The zero-order valence-electron chi connectivity index (χ0n) is 11.6. The summed E-state index contributed by atoms with van der Waals surface area (Å²) in [6, 6.07) is 1.62. The molecule has 1 heterocycles. The van der Waals surface area contributed by atoms with Crippen LogP contribution in [0.25, 0.3) is 0 Å². The molecule has 0 aliphatic heterocycles. The number of nitrogens with one attached hydrogen (secondary N) is 1. The molecule has 0 fully saturated rings. The second-order valence-electron chi connectivity index (χ2n) is 4.66. The Hall–Kier alpha value is -1.36. The molecule has 1 amide bonds. The number of hydrogen-bond donors (Lipinski definition) is 1. The highest BCUT2D eigenvalue weighted by Gasteiger charge is 2.15. The second kappa shape index (κ2) is 7.16. The van der Waals surface area contributed by atoms with E-state index in [4.69, 9.17) is 4.74 Å². The first-order valence-electron chi connectivity index (χ1n) is 6.41. The summed E-state index contributed by atoms with van der Waals surface area (Å²) >= 11 is 0. The van der Waals surface area contributed by atoms with Crippen LogP contribution in [-0.2, 0) is 9.53 Å². The Morgan fingerprint density at radius 2 is 2.22 bits per heavy atom. The Morgan fingerprint density at radius 3 is 2.78 bits per heavy atom. The van der Waals surface area contributed by atoms with Crippen molar-refractivity contribution in [2.75, 3.05) is 13.2 Å². The van der Waals surface area contributed by atoms with Crippen LogP contribution in [0.2, 0.25) is 0 Å². The molecule has 1 unspecified atom stereocenters. The van der Waals surface area contributed by atoms with Gasteiger partial charge >= 0.3 is 0 Å². The Kier molecular flexibility index (Phi) is 5.85. The first-order valence-corrected chi connectivity index (χ1v) is 6.41. The van der Waals surface area contributed by atoms with Crippen molar-refractivity contribution in [1.29, 1.82) is 0 Å². The Balaban J connectivity index is 2.27. The molecule has 1 atom stereocenters. The van der Waals surface area contributed by atoms with Gasteiger partial charge in [0.25, 0.3) is 0 Å². The van der Waals surface area contributed by atoms with Crippen LogP contribution in [0.4, 0.5) is 0 Å². The molecule has 5 nitrogen and oxygen atoms in total. The number of aromatic nitrogens is 2. The molecule has 1 N–H and O–H groups in total. The average molecular weight is 253 g/mol. The minimum Gasteiger partial charge on any atom is -0.379 e. The van der Waals surface area contributed by atoms with Crippen molar-refractivity contribution in [2.45, 2.75) is 46.3 Å². The lowest BCUT2D eigenvalue weighted by molar-refractivity contribution is -0.124. The quantitative estimate of drug-likeness (QED) is 0.752. The number of ether oxygens (including phenoxy) is 1. The van der Waals surface area contributed by atoms with Crippen LogP contribution in [0.1, 0.15) is 38.9 Å². The van der Waals surface area contributed by atoms with Gasteiger partial charge in [0.15, 0.2) is 0 Å². The zero-order chi connectivity index (χ0) is 13.5. The molecule has 1 rings (SSSR count). The van der Waals surface area contributed by atoms with Gasteiger partial charge in [-0.1, -0.05) is 0 Å². The van der Waals surface area contributed by atoms with Crippen molar-refractivity contribution in [3.8, 4) is 0 Å². The third kappa shape index (κ3) is 4.49. The molecule has 0 aliphatic rings. The van der Waals surface area contributed by atoms with Crippen LogP contribution in [0.15, 0.2) is 12.3 Å². The number of carbonyl (C=O) groups excluding carboxylic acids is 1. The number of nitrogens with zero attached hydrogens (tertiary/aromatic N) is 2. The van der Waals surface area contributed by atoms with Crippen molar-refractivity contribution in [3.05, 3.63) is 18.0 Å². The summed E-state index contributed by atoms with van der Waals surface area (Å²) in [6.07, 6.45) is 2.77. The monoisotopic (exact) mass is 253 g/mol. The lowest BCUT2D eigenvalue weighted by atomic mass is 10.3. The van der Waals surface area contributed by atoms with E-state index in [-0.39, 0.29) is 18.1 Å². The molecule has 0 saturated heterocycles. The van der Waals surface area contributed by atoms with Crippen LogP contribution in [0.5, 0.6) is 0 Å². The van der Waals surface area contributed by atoms with Gasteiger partial charge < -0.3 is 10.1 Å². The van der Waals surface area contributed by atoms with E-state index in [1.54, 1.807) is 10.9 Å². The Labute approximate surface area is 109 Å². The van der Waals surface area contributed by atoms with E-state index in [0.717, 1.165) is 12.1 Å². The first kappa shape index (κ1) is 14.7. The zero-order valence-corrected chi connectivity index (χ0v) is 11.6. The van der Waals surface area contributed by atoms with Gasteiger partial charge in [-0.2, -0.15) is 5.10 Å². The minimum atomic E-state index is -0.272. The fraction of sp³-hybridized carbons (Fsp3) is 0.692. The van der Waals surface area contributed by atoms with Gasteiger partial charge in [-0.15, -0.1) is 0 Å². The number of amides is 1. The molecule has 0 aromatic carbocycles. The lowest BCUT2D eigenvalue weighted by Crippen LogP contribution is -2.33. The first-order chi connectivity index (χ1) is 8.52. The normalized spacial score (nSPS) is 12.7. The smallest absolute Gasteiger partial charge is 0.244 e. The third-order valence-electron chi connectivity index (χ3n) is 2.69. The predicted octanol–water partition coefficient (Wildman–Crippen LogP) is 1.68. The second-order valence-corrected chi connectivity index (χ2v) is 4.66. The number of aryl methyl sites for hydroxylation is 1. The molecule has 0 bridgehead atoms. The van der Waals surface area contributed by atoms with E-state index in [1.165, 1.54) is 0 Å². The maximum absolute atomic E-state index is 11.9. The molecule has 0 saturated carbocycles. The van der Waals surface area contributed by atoms with E-state index in [9.17, 15) is 4.79 Å². The maximum Gasteiger partial charge on any atom is 0.244 e. The van der Waals surface area contributed by atoms with Crippen molar-refractivity contribution >= 4 is 5.91 Å². The summed E-state index contributed by atoms with van der Waals surface area (Å²) in [5.74, 6) is -0.00801. The fourth-order valence-electron chi connectivity index (χ4n) is 1.65. The molecule has 18 heavy (non-hydrogen) atoms. The average Bonchev–Trinajstić information content (AvgIpc) is 2.73. The van der Waals surface area contributed by atoms with Crippen LogP contribution >= 0.6 is 0 Å². The van der Waals surface area contributed by atoms with Gasteiger partial charge in [0.2, 0.25) is 5.91 Å². The largest absolute Gasteiger partial charge is 0.379 e. The third-order valence-corrected chi connectivity index (χ3v) is 2.69. The Morgan fingerprint density at radius 1 is 1.50 bits per heavy atom. The van der Waals surface area contributed by atoms with Crippen LogP contribution < -0.4 is 5.32 Å². The maximum atomic E-state index is 11.9. The van der Waals surface area contributed by atoms with Crippen molar-refractivity contribution in [2.24, 2.45) is 0 Å². The van der Waals surface area contributed by atoms with Crippen LogP contribution in [0, 0.1) is 6.92 Å². The molecule has 102 valence electrons. The topological polar surface area (TPSA) is 56.2 Å². The van der Waals surface area contributed by atoms with E-state index >= 15 is 0 Å². The minimum absolute atomic E-state index is 0.00801. The summed E-state index contributed by atoms with van der Waals surface area (Å²) < 4.78 is 7.13. The standard InChI is InChI=1S/C13H23N3O2/c1-10(2)18-9-5-7-14-13(17)12(4)16-11(3)6-8-15-16/h6,8,10,12H,5,7,9H2,1-4H3,(H,14,17). The van der Waals surface area contributed by atoms with E-state index in [1.807, 2.05) is 33.8 Å².